The molecular weight excluding hydrogens is 378 g/mol. The van der Waals surface area contributed by atoms with Crippen molar-refractivity contribution in [1.29, 1.82) is 0 Å². The smallest absolute Gasteiger partial charge is 0.256 e. The summed E-state index contributed by atoms with van der Waals surface area (Å²) in [5.74, 6) is -0.122. The second-order valence-corrected chi connectivity index (χ2v) is 7.23. The van der Waals surface area contributed by atoms with Crippen LogP contribution in [0.1, 0.15) is 35.0 Å². The number of halogens is 3. The highest BCUT2D eigenvalue weighted by atomic mass is 35.5. The standard InChI is InChI=1S/C19H15Cl2FN2O2/c20-12-1-3-15(22)14(9-12)19(25)24-7-5-11(6-8-24)18-23-16-10-13(21)2-4-17(16)26-18/h1-4,9-11H,5-8H2. The fourth-order valence-electron chi connectivity index (χ4n) is 3.25. The molecule has 4 nitrogen and oxygen atoms in total. The minimum atomic E-state index is -0.558. The summed E-state index contributed by atoms with van der Waals surface area (Å²) in [6.07, 6.45) is 1.41. The van der Waals surface area contributed by atoms with Gasteiger partial charge in [0, 0.05) is 29.1 Å². The van der Waals surface area contributed by atoms with Crippen molar-refractivity contribution < 1.29 is 13.6 Å². The Labute approximate surface area is 159 Å². The Morgan fingerprint density at radius 3 is 2.58 bits per heavy atom. The van der Waals surface area contributed by atoms with Crippen LogP contribution in [0.5, 0.6) is 0 Å². The third kappa shape index (κ3) is 3.29. The van der Waals surface area contributed by atoms with E-state index in [2.05, 4.69) is 4.98 Å². The quantitative estimate of drug-likeness (QED) is 0.594. The molecule has 4 rings (SSSR count). The minimum Gasteiger partial charge on any atom is -0.440 e. The van der Waals surface area contributed by atoms with E-state index in [1.165, 1.54) is 18.2 Å². The molecule has 1 fully saturated rings. The lowest BCUT2D eigenvalue weighted by molar-refractivity contribution is 0.0702. The third-order valence-corrected chi connectivity index (χ3v) is 5.13. The third-order valence-electron chi connectivity index (χ3n) is 4.66. The van der Waals surface area contributed by atoms with E-state index >= 15 is 0 Å². The van der Waals surface area contributed by atoms with Crippen molar-refractivity contribution in [2.45, 2.75) is 18.8 Å². The van der Waals surface area contributed by atoms with Crippen molar-refractivity contribution in [2.75, 3.05) is 13.1 Å². The fraction of sp³-hybridized carbons (Fsp3) is 0.263. The molecule has 1 saturated heterocycles. The summed E-state index contributed by atoms with van der Waals surface area (Å²) in [4.78, 5) is 18.7. The number of fused-ring (bicyclic) bond motifs is 1. The summed E-state index contributed by atoms with van der Waals surface area (Å²) in [5.41, 5.74) is 1.43. The number of carbonyl (C=O) groups is 1. The Bertz CT molecular complexity index is 981. The summed E-state index contributed by atoms with van der Waals surface area (Å²) < 4.78 is 19.8. The topological polar surface area (TPSA) is 46.3 Å². The van der Waals surface area contributed by atoms with Crippen molar-refractivity contribution in [1.82, 2.24) is 9.88 Å². The maximum Gasteiger partial charge on any atom is 0.256 e. The number of hydrogen-bond acceptors (Lipinski definition) is 3. The van der Waals surface area contributed by atoms with Gasteiger partial charge >= 0.3 is 0 Å². The van der Waals surface area contributed by atoms with Crippen molar-refractivity contribution in [3.05, 3.63) is 63.7 Å². The molecule has 2 heterocycles. The molecule has 2 aromatic carbocycles. The lowest BCUT2D eigenvalue weighted by atomic mass is 9.96. The highest BCUT2D eigenvalue weighted by molar-refractivity contribution is 6.31. The first-order valence-corrected chi connectivity index (χ1v) is 9.07. The second kappa shape index (κ2) is 6.89. The fourth-order valence-corrected chi connectivity index (χ4v) is 3.59. The molecule has 0 spiro atoms. The number of benzene rings is 2. The predicted octanol–water partition coefficient (Wildman–Crippen LogP) is 5.29. The van der Waals surface area contributed by atoms with Crippen molar-refractivity contribution >= 4 is 40.2 Å². The van der Waals surface area contributed by atoms with Crippen LogP contribution in [0.3, 0.4) is 0 Å². The van der Waals surface area contributed by atoms with Gasteiger partial charge in [0.25, 0.3) is 5.91 Å². The average Bonchev–Trinajstić information content (AvgIpc) is 3.06. The van der Waals surface area contributed by atoms with Crippen LogP contribution in [0, 0.1) is 5.82 Å². The van der Waals surface area contributed by atoms with E-state index < -0.39 is 5.82 Å². The molecule has 7 heteroatoms. The molecule has 26 heavy (non-hydrogen) atoms. The first-order chi connectivity index (χ1) is 12.5. The van der Waals surface area contributed by atoms with E-state index in [0.717, 1.165) is 5.52 Å². The van der Waals surface area contributed by atoms with Crippen LogP contribution >= 0.6 is 23.2 Å². The van der Waals surface area contributed by atoms with Gasteiger partial charge in [-0.1, -0.05) is 23.2 Å². The number of aromatic nitrogens is 1. The molecule has 1 aliphatic heterocycles. The van der Waals surface area contributed by atoms with Gasteiger partial charge in [0.2, 0.25) is 0 Å². The lowest BCUT2D eigenvalue weighted by Gasteiger charge is -2.30. The summed E-state index contributed by atoms with van der Waals surface area (Å²) >= 11 is 11.9. The molecule has 0 atom stereocenters. The molecule has 1 aromatic heterocycles. The summed E-state index contributed by atoms with van der Waals surface area (Å²) in [7, 11) is 0. The van der Waals surface area contributed by atoms with Crippen LogP contribution in [-0.4, -0.2) is 28.9 Å². The van der Waals surface area contributed by atoms with Crippen LogP contribution in [-0.2, 0) is 0 Å². The normalized spacial score (nSPS) is 15.6. The zero-order valence-corrected chi connectivity index (χ0v) is 15.2. The largest absolute Gasteiger partial charge is 0.440 e. The highest BCUT2D eigenvalue weighted by Gasteiger charge is 2.28. The van der Waals surface area contributed by atoms with Gasteiger partial charge in [0.15, 0.2) is 11.5 Å². The molecule has 1 amide bonds. The van der Waals surface area contributed by atoms with Gasteiger partial charge in [-0.15, -0.1) is 0 Å². The van der Waals surface area contributed by atoms with Crippen LogP contribution in [0.2, 0.25) is 10.0 Å². The van der Waals surface area contributed by atoms with Gasteiger partial charge < -0.3 is 9.32 Å². The summed E-state index contributed by atoms with van der Waals surface area (Å²) in [5, 5.41) is 0.955. The average molecular weight is 393 g/mol. The molecular formula is C19H15Cl2FN2O2. The zero-order chi connectivity index (χ0) is 18.3. The van der Waals surface area contributed by atoms with E-state index in [1.54, 1.807) is 23.1 Å². The number of likely N-dealkylation sites (tertiary alicyclic amines) is 1. The lowest BCUT2D eigenvalue weighted by Crippen LogP contribution is -2.38. The Kier molecular flexibility index (Phi) is 4.59. The Balaban J connectivity index is 1.48. The van der Waals surface area contributed by atoms with Crippen LogP contribution in [0.15, 0.2) is 40.8 Å². The van der Waals surface area contributed by atoms with Crippen LogP contribution in [0.4, 0.5) is 4.39 Å². The number of hydrogen-bond donors (Lipinski definition) is 0. The zero-order valence-electron chi connectivity index (χ0n) is 13.7. The van der Waals surface area contributed by atoms with E-state index in [9.17, 15) is 9.18 Å². The van der Waals surface area contributed by atoms with Gasteiger partial charge in [-0.25, -0.2) is 9.37 Å². The number of piperidine rings is 1. The highest BCUT2D eigenvalue weighted by Crippen LogP contribution is 2.31. The number of amides is 1. The number of oxazole rings is 1. The first kappa shape index (κ1) is 17.3. The maximum absolute atomic E-state index is 13.9. The van der Waals surface area contributed by atoms with E-state index in [0.29, 0.717) is 47.5 Å². The Morgan fingerprint density at radius 1 is 1.12 bits per heavy atom. The van der Waals surface area contributed by atoms with Crippen molar-refractivity contribution in [3.63, 3.8) is 0 Å². The molecule has 0 saturated carbocycles. The van der Waals surface area contributed by atoms with Crippen LogP contribution in [0.25, 0.3) is 11.1 Å². The van der Waals surface area contributed by atoms with Gasteiger partial charge in [-0.3, -0.25) is 4.79 Å². The van der Waals surface area contributed by atoms with Crippen LogP contribution < -0.4 is 0 Å². The first-order valence-electron chi connectivity index (χ1n) is 8.31. The minimum absolute atomic E-state index is 0.00690. The van der Waals surface area contributed by atoms with Gasteiger partial charge in [0.1, 0.15) is 11.3 Å². The molecule has 3 aromatic rings. The molecule has 134 valence electrons. The van der Waals surface area contributed by atoms with E-state index in [-0.39, 0.29) is 17.4 Å². The monoisotopic (exact) mass is 392 g/mol. The molecule has 0 bridgehead atoms. The van der Waals surface area contributed by atoms with Gasteiger partial charge in [0.05, 0.1) is 5.56 Å². The number of carbonyl (C=O) groups excluding carboxylic acids is 1. The second-order valence-electron chi connectivity index (χ2n) is 6.35. The summed E-state index contributed by atoms with van der Waals surface area (Å²) in [6.45, 7) is 1.02. The SMILES string of the molecule is O=C(c1cc(Cl)ccc1F)N1CCC(c2nc3cc(Cl)ccc3o2)CC1. The maximum atomic E-state index is 13.9. The van der Waals surface area contributed by atoms with E-state index in [4.69, 9.17) is 27.6 Å². The van der Waals surface area contributed by atoms with Crippen molar-refractivity contribution in [2.24, 2.45) is 0 Å². The van der Waals surface area contributed by atoms with E-state index in [1.807, 2.05) is 0 Å². The Morgan fingerprint density at radius 2 is 1.81 bits per heavy atom. The molecule has 0 N–H and O–H groups in total. The predicted molar refractivity (Wildman–Crippen MR) is 98.3 cm³/mol. The summed E-state index contributed by atoms with van der Waals surface area (Å²) in [6, 6.07) is 9.35. The van der Waals surface area contributed by atoms with Gasteiger partial charge in [-0.05, 0) is 49.2 Å². The molecule has 0 radical (unpaired) electrons. The van der Waals surface area contributed by atoms with Gasteiger partial charge in [-0.2, -0.15) is 0 Å². The molecule has 1 aliphatic rings. The number of nitrogens with zero attached hydrogens (tertiary/aromatic N) is 2. The van der Waals surface area contributed by atoms with Crippen molar-refractivity contribution in [3.8, 4) is 0 Å². The number of rotatable bonds is 2. The molecule has 0 aliphatic carbocycles. The molecule has 0 unspecified atom stereocenters. The Hall–Kier alpha value is -2.11.